The molecule has 0 saturated heterocycles. The summed E-state index contributed by atoms with van der Waals surface area (Å²) in [7, 11) is 0. The first kappa shape index (κ1) is 20.4. The minimum atomic E-state index is 0.103. The van der Waals surface area contributed by atoms with Crippen molar-refractivity contribution < 1.29 is 5.11 Å². The Balaban J connectivity index is 1.82. The summed E-state index contributed by atoms with van der Waals surface area (Å²) in [6.45, 7) is 6.72. The fraction of sp³-hybridized carbons (Fsp3) is 0.333. The SMILES string of the molecule is CCc1ccc(CCc2ccc(-c3ccc(CO)cc3CC)c(CC)c2)cc1. The summed E-state index contributed by atoms with van der Waals surface area (Å²) >= 11 is 0. The van der Waals surface area contributed by atoms with E-state index in [1.807, 2.05) is 6.07 Å². The number of hydrogen-bond donors (Lipinski definition) is 1. The second kappa shape index (κ2) is 9.71. The maximum atomic E-state index is 9.44. The van der Waals surface area contributed by atoms with Crippen molar-refractivity contribution in [2.24, 2.45) is 0 Å². The van der Waals surface area contributed by atoms with Crippen molar-refractivity contribution in [2.75, 3.05) is 0 Å². The minimum Gasteiger partial charge on any atom is -0.392 e. The van der Waals surface area contributed by atoms with Gasteiger partial charge in [0.05, 0.1) is 6.61 Å². The largest absolute Gasteiger partial charge is 0.392 e. The van der Waals surface area contributed by atoms with Gasteiger partial charge in [-0.25, -0.2) is 0 Å². The number of aliphatic hydroxyl groups is 1. The van der Waals surface area contributed by atoms with Crippen LogP contribution in [0, 0.1) is 0 Å². The van der Waals surface area contributed by atoms with Crippen LogP contribution >= 0.6 is 0 Å². The van der Waals surface area contributed by atoms with Crippen LogP contribution in [0.25, 0.3) is 11.1 Å². The zero-order valence-electron chi connectivity index (χ0n) is 17.5. The molecule has 0 aromatic heterocycles. The molecule has 0 fully saturated rings. The Labute approximate surface area is 170 Å². The van der Waals surface area contributed by atoms with Crippen molar-refractivity contribution in [1.29, 1.82) is 0 Å². The molecule has 0 aliphatic carbocycles. The molecule has 0 radical (unpaired) electrons. The first-order valence-corrected chi connectivity index (χ1v) is 10.6. The van der Waals surface area contributed by atoms with Gasteiger partial charge in [0.25, 0.3) is 0 Å². The van der Waals surface area contributed by atoms with Crippen LogP contribution in [0.4, 0.5) is 0 Å². The van der Waals surface area contributed by atoms with E-state index in [-0.39, 0.29) is 6.61 Å². The monoisotopic (exact) mass is 372 g/mol. The highest BCUT2D eigenvalue weighted by atomic mass is 16.3. The molecule has 0 aliphatic rings. The number of aliphatic hydroxyl groups excluding tert-OH is 1. The van der Waals surface area contributed by atoms with E-state index in [0.717, 1.165) is 37.7 Å². The van der Waals surface area contributed by atoms with Crippen molar-refractivity contribution in [3.63, 3.8) is 0 Å². The molecule has 0 heterocycles. The second-order valence-electron chi connectivity index (χ2n) is 7.52. The maximum Gasteiger partial charge on any atom is 0.0681 e. The van der Waals surface area contributed by atoms with Gasteiger partial charge in [0.15, 0.2) is 0 Å². The molecule has 0 unspecified atom stereocenters. The van der Waals surface area contributed by atoms with E-state index in [1.165, 1.54) is 38.9 Å². The van der Waals surface area contributed by atoms with Gasteiger partial charge in [-0.15, -0.1) is 0 Å². The highest BCUT2D eigenvalue weighted by molar-refractivity contribution is 5.71. The molecule has 3 rings (SSSR count). The normalized spacial score (nSPS) is 11.0. The van der Waals surface area contributed by atoms with Gasteiger partial charge in [-0.3, -0.25) is 0 Å². The lowest BCUT2D eigenvalue weighted by Gasteiger charge is -2.15. The van der Waals surface area contributed by atoms with Gasteiger partial charge >= 0.3 is 0 Å². The molecule has 0 spiro atoms. The Hall–Kier alpha value is -2.38. The molecule has 146 valence electrons. The molecule has 1 N–H and O–H groups in total. The van der Waals surface area contributed by atoms with Crippen molar-refractivity contribution in [3.05, 3.63) is 94.0 Å². The van der Waals surface area contributed by atoms with Gasteiger partial charge in [-0.05, 0) is 76.6 Å². The quantitative estimate of drug-likeness (QED) is 0.491. The summed E-state index contributed by atoms with van der Waals surface area (Å²) in [5, 5.41) is 9.44. The Kier molecular flexibility index (Phi) is 7.06. The van der Waals surface area contributed by atoms with E-state index >= 15 is 0 Å². The smallest absolute Gasteiger partial charge is 0.0681 e. The van der Waals surface area contributed by atoms with Crippen LogP contribution in [0.2, 0.25) is 0 Å². The molecular formula is C27H32O. The number of hydrogen-bond acceptors (Lipinski definition) is 1. The lowest BCUT2D eigenvalue weighted by Crippen LogP contribution is -1.98. The fourth-order valence-corrected chi connectivity index (χ4v) is 3.89. The van der Waals surface area contributed by atoms with Crippen LogP contribution in [0.5, 0.6) is 0 Å². The number of aryl methyl sites for hydroxylation is 5. The Morgan fingerprint density at radius 1 is 0.536 bits per heavy atom. The number of rotatable bonds is 8. The van der Waals surface area contributed by atoms with Crippen LogP contribution < -0.4 is 0 Å². The van der Waals surface area contributed by atoms with Gasteiger partial charge in [-0.1, -0.05) is 81.4 Å². The van der Waals surface area contributed by atoms with E-state index in [0.29, 0.717) is 0 Å². The van der Waals surface area contributed by atoms with E-state index in [2.05, 4.69) is 75.4 Å². The Bertz CT molecular complexity index is 906. The third-order valence-electron chi connectivity index (χ3n) is 5.71. The minimum absolute atomic E-state index is 0.103. The maximum absolute atomic E-state index is 9.44. The summed E-state index contributed by atoms with van der Waals surface area (Å²) in [6, 6.07) is 22.4. The van der Waals surface area contributed by atoms with E-state index in [4.69, 9.17) is 0 Å². The molecule has 1 nitrogen and oxygen atoms in total. The van der Waals surface area contributed by atoms with E-state index in [1.54, 1.807) is 0 Å². The van der Waals surface area contributed by atoms with Crippen LogP contribution in [0.15, 0.2) is 60.7 Å². The molecule has 0 bridgehead atoms. The van der Waals surface area contributed by atoms with Crippen LogP contribution in [0.3, 0.4) is 0 Å². The molecule has 0 saturated carbocycles. The third-order valence-corrected chi connectivity index (χ3v) is 5.71. The summed E-state index contributed by atoms with van der Waals surface area (Å²) in [5.74, 6) is 0. The predicted molar refractivity (Wildman–Crippen MR) is 120 cm³/mol. The first-order chi connectivity index (χ1) is 13.7. The molecule has 0 atom stereocenters. The molecule has 3 aromatic rings. The van der Waals surface area contributed by atoms with Crippen molar-refractivity contribution in [3.8, 4) is 11.1 Å². The summed E-state index contributed by atoms with van der Waals surface area (Å²) in [5.41, 5.74) is 10.6. The van der Waals surface area contributed by atoms with Gasteiger partial charge in [0.2, 0.25) is 0 Å². The van der Waals surface area contributed by atoms with Crippen LogP contribution in [-0.4, -0.2) is 5.11 Å². The fourth-order valence-electron chi connectivity index (χ4n) is 3.89. The zero-order chi connectivity index (χ0) is 19.9. The molecule has 28 heavy (non-hydrogen) atoms. The van der Waals surface area contributed by atoms with E-state index < -0.39 is 0 Å². The van der Waals surface area contributed by atoms with Crippen molar-refractivity contribution in [2.45, 2.75) is 59.5 Å². The van der Waals surface area contributed by atoms with Gasteiger partial charge in [0, 0.05) is 0 Å². The summed E-state index contributed by atoms with van der Waals surface area (Å²) in [6.07, 6.45) is 5.25. The van der Waals surface area contributed by atoms with Gasteiger partial charge in [-0.2, -0.15) is 0 Å². The second-order valence-corrected chi connectivity index (χ2v) is 7.52. The standard InChI is InChI=1S/C27H32O/c1-4-20-7-9-21(10-8-20)11-12-22-13-15-26(24(5-2)17-22)27-16-14-23(19-28)18-25(27)6-3/h7-10,13-18,28H,4-6,11-12,19H2,1-3H3. The lowest BCUT2D eigenvalue weighted by molar-refractivity contribution is 0.282. The molecule has 1 heteroatoms. The van der Waals surface area contributed by atoms with Crippen molar-refractivity contribution in [1.82, 2.24) is 0 Å². The lowest BCUT2D eigenvalue weighted by atomic mass is 9.90. The highest BCUT2D eigenvalue weighted by Gasteiger charge is 2.10. The Morgan fingerprint density at radius 2 is 1.00 bits per heavy atom. The van der Waals surface area contributed by atoms with Crippen LogP contribution in [-0.2, 0) is 38.7 Å². The zero-order valence-corrected chi connectivity index (χ0v) is 17.5. The molecule has 0 aliphatic heterocycles. The molecule has 0 amide bonds. The van der Waals surface area contributed by atoms with Gasteiger partial charge in [0.1, 0.15) is 0 Å². The van der Waals surface area contributed by atoms with Crippen molar-refractivity contribution >= 4 is 0 Å². The van der Waals surface area contributed by atoms with E-state index in [9.17, 15) is 5.11 Å². The predicted octanol–water partition coefficient (Wildman–Crippen LogP) is 6.32. The average Bonchev–Trinajstić information content (AvgIpc) is 2.77. The number of benzene rings is 3. The van der Waals surface area contributed by atoms with Crippen LogP contribution in [0.1, 0.15) is 54.2 Å². The molecule has 3 aromatic carbocycles. The molecular weight excluding hydrogens is 340 g/mol. The highest BCUT2D eigenvalue weighted by Crippen LogP contribution is 2.30. The third kappa shape index (κ3) is 4.72. The Morgan fingerprint density at radius 3 is 1.54 bits per heavy atom. The topological polar surface area (TPSA) is 20.2 Å². The van der Waals surface area contributed by atoms with Gasteiger partial charge < -0.3 is 5.11 Å². The summed E-state index contributed by atoms with van der Waals surface area (Å²) in [4.78, 5) is 0. The first-order valence-electron chi connectivity index (χ1n) is 10.6. The summed E-state index contributed by atoms with van der Waals surface area (Å²) < 4.78 is 0. The average molecular weight is 373 g/mol.